The Hall–Kier alpha value is -2.83. The lowest BCUT2D eigenvalue weighted by molar-refractivity contribution is 0.0955. The van der Waals surface area contributed by atoms with Gasteiger partial charge in [0.25, 0.3) is 5.91 Å². The summed E-state index contributed by atoms with van der Waals surface area (Å²) in [4.78, 5) is 23.8. The fourth-order valence-corrected chi connectivity index (χ4v) is 3.41. The normalized spacial score (nSPS) is 13.7. The van der Waals surface area contributed by atoms with E-state index < -0.39 is 0 Å². The molecule has 162 valence electrons. The summed E-state index contributed by atoms with van der Waals surface area (Å²) in [5.74, 6) is 2.28. The molecule has 1 aromatic heterocycles. The summed E-state index contributed by atoms with van der Waals surface area (Å²) in [5.41, 5.74) is 1.57. The number of aromatic nitrogens is 2. The molecule has 1 aromatic carbocycles. The minimum atomic E-state index is -0.101. The molecule has 1 aliphatic heterocycles. The third-order valence-corrected chi connectivity index (χ3v) is 5.10. The zero-order chi connectivity index (χ0) is 21.2. The molecule has 2 aromatic rings. The number of unbranched alkanes of at least 4 members (excludes halogenated alkanes) is 1. The topological polar surface area (TPSA) is 79.4 Å². The number of rotatable bonds is 10. The largest absolute Gasteiger partial charge is 0.494 e. The molecule has 1 aliphatic rings. The van der Waals surface area contributed by atoms with Gasteiger partial charge in [-0.05, 0) is 56.9 Å². The van der Waals surface area contributed by atoms with Crippen LogP contribution in [-0.4, -0.2) is 48.7 Å². The van der Waals surface area contributed by atoms with Crippen molar-refractivity contribution in [2.45, 2.75) is 46.0 Å². The number of aryl methyl sites for hydroxylation is 1. The molecular weight excluding hydrogens is 378 g/mol. The van der Waals surface area contributed by atoms with Crippen LogP contribution in [0.2, 0.25) is 0 Å². The van der Waals surface area contributed by atoms with Crippen molar-refractivity contribution in [3.05, 3.63) is 41.6 Å². The van der Waals surface area contributed by atoms with Gasteiger partial charge in [0.05, 0.1) is 6.61 Å². The second-order valence-electron chi connectivity index (χ2n) is 7.65. The quantitative estimate of drug-likeness (QED) is 0.579. The third-order valence-electron chi connectivity index (χ3n) is 5.10. The van der Waals surface area contributed by atoms with Crippen molar-refractivity contribution in [2.24, 2.45) is 0 Å². The Labute approximate surface area is 179 Å². The van der Waals surface area contributed by atoms with Gasteiger partial charge in [-0.2, -0.15) is 4.98 Å². The molecule has 0 radical (unpaired) electrons. The lowest BCUT2D eigenvalue weighted by Crippen LogP contribution is -2.31. The lowest BCUT2D eigenvalue weighted by atomic mass is 10.1. The first-order chi connectivity index (χ1) is 14.7. The van der Waals surface area contributed by atoms with Crippen LogP contribution in [0, 0.1) is 6.92 Å². The predicted molar refractivity (Wildman–Crippen MR) is 121 cm³/mol. The Bertz CT molecular complexity index is 804. The first-order valence-corrected chi connectivity index (χ1v) is 11.0. The van der Waals surface area contributed by atoms with Gasteiger partial charge in [0, 0.05) is 43.5 Å². The van der Waals surface area contributed by atoms with Gasteiger partial charge in [-0.1, -0.05) is 13.3 Å². The number of nitrogens with zero attached hydrogens (tertiary/aromatic N) is 3. The molecule has 2 heterocycles. The van der Waals surface area contributed by atoms with Crippen molar-refractivity contribution in [1.29, 1.82) is 0 Å². The minimum absolute atomic E-state index is 0.101. The molecule has 1 saturated heterocycles. The molecule has 0 spiro atoms. The SMILES string of the molecule is CCCCOc1ccc(C(=O)NCCNc2nc(C)cc(N3CCCCC3)n2)cc1. The number of hydrogen-bond acceptors (Lipinski definition) is 6. The standard InChI is InChI=1S/C23H33N5O2/c1-3-4-16-30-20-10-8-19(9-11-20)22(29)24-12-13-25-23-26-18(2)17-21(27-23)28-14-6-5-7-15-28/h8-11,17H,3-7,12-16H2,1-2H3,(H,24,29)(H,25,26,27). The molecule has 1 fully saturated rings. The Morgan fingerprint density at radius 2 is 1.87 bits per heavy atom. The van der Waals surface area contributed by atoms with E-state index in [2.05, 4.69) is 32.4 Å². The van der Waals surface area contributed by atoms with Crippen LogP contribution in [0.3, 0.4) is 0 Å². The fraction of sp³-hybridized carbons (Fsp3) is 0.522. The summed E-state index contributed by atoms with van der Waals surface area (Å²) in [5, 5.41) is 6.15. The molecule has 0 bridgehead atoms. The second kappa shape index (κ2) is 11.4. The number of amides is 1. The van der Waals surface area contributed by atoms with Gasteiger partial charge >= 0.3 is 0 Å². The summed E-state index contributed by atoms with van der Waals surface area (Å²) in [6, 6.07) is 9.29. The highest BCUT2D eigenvalue weighted by Crippen LogP contribution is 2.19. The first kappa shape index (κ1) is 21.9. The van der Waals surface area contributed by atoms with Crippen LogP contribution in [-0.2, 0) is 0 Å². The summed E-state index contributed by atoms with van der Waals surface area (Å²) in [6.45, 7) is 7.97. The molecular formula is C23H33N5O2. The Balaban J connectivity index is 1.44. The number of ether oxygens (including phenoxy) is 1. The molecule has 0 saturated carbocycles. The van der Waals surface area contributed by atoms with Crippen LogP contribution in [0.1, 0.15) is 55.1 Å². The number of carbonyl (C=O) groups is 1. The Morgan fingerprint density at radius 3 is 2.60 bits per heavy atom. The molecule has 7 nitrogen and oxygen atoms in total. The highest BCUT2D eigenvalue weighted by Gasteiger charge is 2.14. The molecule has 2 N–H and O–H groups in total. The van der Waals surface area contributed by atoms with Crippen LogP contribution >= 0.6 is 0 Å². The second-order valence-corrected chi connectivity index (χ2v) is 7.65. The number of piperidine rings is 1. The fourth-order valence-electron chi connectivity index (χ4n) is 3.41. The molecule has 3 rings (SSSR count). The van der Waals surface area contributed by atoms with Crippen molar-refractivity contribution in [1.82, 2.24) is 15.3 Å². The maximum Gasteiger partial charge on any atom is 0.251 e. The van der Waals surface area contributed by atoms with E-state index in [4.69, 9.17) is 4.74 Å². The smallest absolute Gasteiger partial charge is 0.251 e. The van der Waals surface area contributed by atoms with Gasteiger partial charge in [0.2, 0.25) is 5.95 Å². The Kier molecular flexibility index (Phi) is 8.30. The van der Waals surface area contributed by atoms with Gasteiger partial charge in [-0.25, -0.2) is 4.98 Å². The maximum absolute atomic E-state index is 12.3. The summed E-state index contributed by atoms with van der Waals surface area (Å²) >= 11 is 0. The highest BCUT2D eigenvalue weighted by atomic mass is 16.5. The Morgan fingerprint density at radius 1 is 1.10 bits per heavy atom. The van der Waals surface area contributed by atoms with E-state index >= 15 is 0 Å². The summed E-state index contributed by atoms with van der Waals surface area (Å²) in [6.07, 6.45) is 5.84. The summed E-state index contributed by atoms with van der Waals surface area (Å²) in [7, 11) is 0. The first-order valence-electron chi connectivity index (χ1n) is 11.0. The lowest BCUT2D eigenvalue weighted by Gasteiger charge is -2.28. The van der Waals surface area contributed by atoms with Crippen LogP contribution in [0.15, 0.2) is 30.3 Å². The van der Waals surface area contributed by atoms with Crippen molar-refractivity contribution >= 4 is 17.7 Å². The van der Waals surface area contributed by atoms with Gasteiger partial charge < -0.3 is 20.3 Å². The molecule has 7 heteroatoms. The molecule has 0 aliphatic carbocycles. The number of nitrogens with one attached hydrogen (secondary N) is 2. The van der Waals surface area contributed by atoms with E-state index in [-0.39, 0.29) is 5.91 Å². The van der Waals surface area contributed by atoms with E-state index in [0.717, 1.165) is 43.2 Å². The van der Waals surface area contributed by atoms with Gasteiger partial charge in [0.1, 0.15) is 11.6 Å². The predicted octanol–water partition coefficient (Wildman–Crippen LogP) is 3.80. The number of carbonyl (C=O) groups excluding carboxylic acids is 1. The molecule has 0 unspecified atom stereocenters. The van der Waals surface area contributed by atoms with Crippen molar-refractivity contribution < 1.29 is 9.53 Å². The highest BCUT2D eigenvalue weighted by molar-refractivity contribution is 5.94. The molecule has 30 heavy (non-hydrogen) atoms. The van der Waals surface area contributed by atoms with Crippen LogP contribution < -0.4 is 20.3 Å². The molecule has 0 atom stereocenters. The van der Waals surface area contributed by atoms with E-state index in [1.54, 1.807) is 12.1 Å². The van der Waals surface area contributed by atoms with Crippen LogP contribution in [0.25, 0.3) is 0 Å². The van der Waals surface area contributed by atoms with Crippen molar-refractivity contribution in [3.8, 4) is 5.75 Å². The van der Waals surface area contributed by atoms with Crippen molar-refractivity contribution in [3.63, 3.8) is 0 Å². The number of anilines is 2. The minimum Gasteiger partial charge on any atom is -0.494 e. The molecule has 1 amide bonds. The van der Waals surface area contributed by atoms with E-state index in [0.29, 0.717) is 31.2 Å². The van der Waals surface area contributed by atoms with Crippen molar-refractivity contribution in [2.75, 3.05) is 43.0 Å². The van der Waals surface area contributed by atoms with E-state index in [1.165, 1.54) is 19.3 Å². The zero-order valence-corrected chi connectivity index (χ0v) is 18.1. The zero-order valence-electron chi connectivity index (χ0n) is 18.1. The summed E-state index contributed by atoms with van der Waals surface area (Å²) < 4.78 is 5.63. The van der Waals surface area contributed by atoms with Crippen LogP contribution in [0.4, 0.5) is 11.8 Å². The third kappa shape index (κ3) is 6.61. The van der Waals surface area contributed by atoms with E-state index in [9.17, 15) is 4.79 Å². The van der Waals surface area contributed by atoms with Gasteiger partial charge in [-0.15, -0.1) is 0 Å². The monoisotopic (exact) mass is 411 g/mol. The van der Waals surface area contributed by atoms with Gasteiger partial charge in [0.15, 0.2) is 0 Å². The number of hydrogen-bond donors (Lipinski definition) is 2. The average molecular weight is 412 g/mol. The van der Waals surface area contributed by atoms with Crippen LogP contribution in [0.5, 0.6) is 5.75 Å². The average Bonchev–Trinajstić information content (AvgIpc) is 2.77. The number of benzene rings is 1. The van der Waals surface area contributed by atoms with Gasteiger partial charge in [-0.3, -0.25) is 4.79 Å². The maximum atomic E-state index is 12.3. The van der Waals surface area contributed by atoms with E-state index in [1.807, 2.05) is 25.1 Å².